The maximum Gasteiger partial charge on any atom is 0.291 e. The van der Waals surface area contributed by atoms with Gasteiger partial charge in [-0.2, -0.15) is 0 Å². The Kier molecular flexibility index (Phi) is 5.13. The molecule has 0 aliphatic carbocycles. The molecule has 1 spiro atoms. The van der Waals surface area contributed by atoms with Crippen LogP contribution < -0.4 is 15.7 Å². The first-order chi connectivity index (χ1) is 14.4. The smallest absolute Gasteiger partial charge is 0.291 e. The minimum Gasteiger partial charge on any atom is -0.550 e. The molecular formula is C22H27N3O5. The lowest BCUT2D eigenvalue weighted by Crippen LogP contribution is -2.99. The lowest BCUT2D eigenvalue weighted by molar-refractivity contribution is -0.734. The summed E-state index contributed by atoms with van der Waals surface area (Å²) < 4.78 is 0. The number of unbranched alkanes of at least 4 members (excludes halogenated alkanes) is 1. The third-order valence-electron chi connectivity index (χ3n) is 6.88. The summed E-state index contributed by atoms with van der Waals surface area (Å²) in [6, 6.07) is 5.17. The molecule has 2 fully saturated rings. The first-order valence-electron chi connectivity index (χ1n) is 10.7. The Morgan fingerprint density at radius 2 is 2.00 bits per heavy atom. The molecule has 0 saturated carbocycles. The Balaban J connectivity index is 1.82. The van der Waals surface area contributed by atoms with Gasteiger partial charge in [-0.25, -0.2) is 0 Å². The second kappa shape index (κ2) is 7.50. The van der Waals surface area contributed by atoms with E-state index in [0.29, 0.717) is 18.7 Å². The van der Waals surface area contributed by atoms with Gasteiger partial charge in [-0.3, -0.25) is 19.3 Å². The van der Waals surface area contributed by atoms with Crippen molar-refractivity contribution in [3.8, 4) is 0 Å². The quantitative estimate of drug-likeness (QED) is 0.571. The number of imide groups is 1. The summed E-state index contributed by atoms with van der Waals surface area (Å²) in [5.41, 5.74) is 1.17. The highest BCUT2D eigenvalue weighted by Crippen LogP contribution is 2.50. The van der Waals surface area contributed by atoms with E-state index in [4.69, 9.17) is 0 Å². The topological polar surface area (TPSA) is 123 Å². The number of nitrogens with zero attached hydrogens (tertiary/aromatic N) is 1. The molecule has 4 atom stereocenters. The summed E-state index contributed by atoms with van der Waals surface area (Å²) >= 11 is 0. The molecule has 3 aliphatic heterocycles. The molecule has 3 heterocycles. The van der Waals surface area contributed by atoms with Crippen LogP contribution in [0.3, 0.4) is 0 Å². The van der Waals surface area contributed by atoms with Crippen LogP contribution in [0.4, 0.5) is 5.69 Å². The van der Waals surface area contributed by atoms with Gasteiger partial charge in [-0.05, 0) is 24.8 Å². The Morgan fingerprint density at radius 1 is 1.23 bits per heavy atom. The number of hydrogen-bond donors (Lipinski definition) is 2. The molecule has 30 heavy (non-hydrogen) atoms. The number of hydrogen-bond acceptors (Lipinski definition) is 5. The predicted molar refractivity (Wildman–Crippen MR) is 105 cm³/mol. The second-order valence-corrected chi connectivity index (χ2v) is 8.44. The van der Waals surface area contributed by atoms with Crippen molar-refractivity contribution >= 4 is 29.4 Å². The maximum atomic E-state index is 13.4. The minimum atomic E-state index is -1.24. The van der Waals surface area contributed by atoms with Crippen molar-refractivity contribution in [3.63, 3.8) is 0 Å². The molecule has 0 unspecified atom stereocenters. The fraction of sp³-hybridized carbons (Fsp3) is 0.545. The van der Waals surface area contributed by atoms with Crippen molar-refractivity contribution in [3.05, 3.63) is 29.3 Å². The molecule has 3 N–H and O–H groups in total. The number of carboxylic acid groups (broad SMARTS) is 1. The van der Waals surface area contributed by atoms with Crippen LogP contribution in [0.2, 0.25) is 0 Å². The van der Waals surface area contributed by atoms with Crippen molar-refractivity contribution in [2.24, 2.45) is 11.8 Å². The van der Waals surface area contributed by atoms with Gasteiger partial charge in [0.15, 0.2) is 0 Å². The number of fused-ring (bicyclic) bond motifs is 4. The maximum absolute atomic E-state index is 13.4. The molecule has 8 nitrogen and oxygen atoms in total. The van der Waals surface area contributed by atoms with Crippen LogP contribution >= 0.6 is 0 Å². The third kappa shape index (κ3) is 2.77. The molecular weight excluding hydrogens is 386 g/mol. The number of rotatable bonds is 7. The molecule has 2 saturated heterocycles. The highest BCUT2D eigenvalue weighted by atomic mass is 16.4. The van der Waals surface area contributed by atoms with E-state index in [1.165, 1.54) is 4.90 Å². The van der Waals surface area contributed by atoms with Gasteiger partial charge in [-0.1, -0.05) is 38.5 Å². The number of amides is 3. The normalized spacial score (nSPS) is 29.5. The Labute approximate surface area is 175 Å². The van der Waals surface area contributed by atoms with Crippen LogP contribution in [0.25, 0.3) is 0 Å². The van der Waals surface area contributed by atoms with E-state index < -0.39 is 29.4 Å². The number of para-hydroxylation sites is 1. The first kappa shape index (κ1) is 20.5. The van der Waals surface area contributed by atoms with Crippen LogP contribution in [0.5, 0.6) is 0 Å². The Bertz CT molecular complexity index is 929. The van der Waals surface area contributed by atoms with Crippen LogP contribution in [0, 0.1) is 11.8 Å². The minimum absolute atomic E-state index is 0.169. The van der Waals surface area contributed by atoms with E-state index in [2.05, 4.69) is 5.32 Å². The monoisotopic (exact) mass is 413 g/mol. The van der Waals surface area contributed by atoms with Gasteiger partial charge in [0.05, 0.1) is 5.69 Å². The summed E-state index contributed by atoms with van der Waals surface area (Å²) in [5, 5.41) is 15.8. The number of anilines is 1. The Morgan fingerprint density at radius 3 is 2.67 bits per heavy atom. The van der Waals surface area contributed by atoms with Crippen molar-refractivity contribution in [2.75, 3.05) is 11.9 Å². The fourth-order valence-electron chi connectivity index (χ4n) is 5.49. The molecule has 0 radical (unpaired) electrons. The molecule has 3 aliphatic rings. The van der Waals surface area contributed by atoms with E-state index in [1.807, 2.05) is 32.0 Å². The van der Waals surface area contributed by atoms with Crippen LogP contribution in [0.1, 0.15) is 50.7 Å². The number of nitrogens with one attached hydrogen (secondary N) is 1. The molecule has 1 aromatic carbocycles. The number of aryl methyl sites for hydroxylation is 1. The average Bonchev–Trinajstić information content (AvgIpc) is 3.30. The zero-order valence-electron chi connectivity index (χ0n) is 17.3. The standard InChI is InChI=1S/C22H27N3O5/c1-3-5-11-25-19(28)16-14(9-10-15(26)27)24-22(17(16)20(25)29)13-8-6-7-12(4-2)18(13)23-21(22)30/h6-8,14,16-17,24H,3-5,9-11H2,1-2H3,(H,23,30)(H,26,27)/t14-,16-,17+,22+/m1/s1. The molecule has 3 amide bonds. The SMILES string of the molecule is CCCCN1C(=O)[C@H]2[C@@H](C1=O)[C@]1([NH2+][C@@H]2CCC(=O)[O-])C(=O)Nc2c(CC)cccc21. The van der Waals surface area contributed by atoms with E-state index >= 15 is 0 Å². The van der Waals surface area contributed by atoms with Crippen LogP contribution in [-0.4, -0.2) is 41.2 Å². The van der Waals surface area contributed by atoms with E-state index in [9.17, 15) is 24.3 Å². The van der Waals surface area contributed by atoms with Crippen molar-refractivity contribution in [2.45, 2.75) is 57.5 Å². The van der Waals surface area contributed by atoms with Gasteiger partial charge in [-0.15, -0.1) is 0 Å². The number of benzene rings is 1. The summed E-state index contributed by atoms with van der Waals surface area (Å²) in [4.78, 5) is 52.4. The third-order valence-corrected chi connectivity index (χ3v) is 6.88. The number of quaternary nitrogens is 1. The van der Waals surface area contributed by atoms with E-state index in [-0.39, 0.29) is 30.6 Å². The zero-order valence-corrected chi connectivity index (χ0v) is 17.3. The van der Waals surface area contributed by atoms with E-state index in [0.717, 1.165) is 24.0 Å². The zero-order chi connectivity index (χ0) is 21.6. The molecule has 0 bridgehead atoms. The van der Waals surface area contributed by atoms with Gasteiger partial charge < -0.3 is 20.5 Å². The fourth-order valence-corrected chi connectivity index (χ4v) is 5.49. The van der Waals surface area contributed by atoms with Crippen molar-refractivity contribution < 1.29 is 29.6 Å². The molecule has 0 aromatic heterocycles. The highest BCUT2D eigenvalue weighted by Gasteiger charge is 2.74. The average molecular weight is 413 g/mol. The molecule has 8 heteroatoms. The van der Waals surface area contributed by atoms with Crippen molar-refractivity contribution in [1.82, 2.24) is 4.90 Å². The van der Waals surface area contributed by atoms with Gasteiger partial charge >= 0.3 is 0 Å². The number of carboxylic acids is 1. The lowest BCUT2D eigenvalue weighted by atomic mass is 9.76. The lowest BCUT2D eigenvalue weighted by Gasteiger charge is -2.26. The van der Waals surface area contributed by atoms with E-state index in [1.54, 1.807) is 5.32 Å². The summed E-state index contributed by atoms with van der Waals surface area (Å²) in [5.74, 6) is -3.66. The highest BCUT2D eigenvalue weighted by molar-refractivity contribution is 6.14. The number of aliphatic carboxylic acids is 1. The first-order valence-corrected chi connectivity index (χ1v) is 10.7. The number of carbonyl (C=O) groups is 4. The number of nitrogens with two attached hydrogens (primary N) is 1. The molecule has 4 rings (SSSR count). The number of likely N-dealkylation sites (tertiary alicyclic amines) is 1. The molecule has 160 valence electrons. The second-order valence-electron chi connectivity index (χ2n) is 8.44. The van der Waals surface area contributed by atoms with Crippen LogP contribution in [-0.2, 0) is 31.1 Å². The Hall–Kier alpha value is -2.74. The summed E-state index contributed by atoms with van der Waals surface area (Å²) in [6.07, 6.45) is 2.20. The van der Waals surface area contributed by atoms with Crippen LogP contribution in [0.15, 0.2) is 18.2 Å². The summed E-state index contributed by atoms with van der Waals surface area (Å²) in [7, 11) is 0. The summed E-state index contributed by atoms with van der Waals surface area (Å²) in [6.45, 7) is 4.30. The predicted octanol–water partition coefficient (Wildman–Crippen LogP) is -0.727. The van der Waals surface area contributed by atoms with Gasteiger partial charge in [0, 0.05) is 24.5 Å². The van der Waals surface area contributed by atoms with Gasteiger partial charge in [0.2, 0.25) is 17.4 Å². The van der Waals surface area contributed by atoms with Crippen molar-refractivity contribution in [1.29, 1.82) is 0 Å². The largest absolute Gasteiger partial charge is 0.550 e. The molecule has 1 aromatic rings. The van der Waals surface area contributed by atoms with Gasteiger partial charge in [0.1, 0.15) is 17.9 Å². The van der Waals surface area contributed by atoms with Gasteiger partial charge in [0.25, 0.3) is 5.91 Å². The number of carbonyl (C=O) groups excluding carboxylic acids is 4.